The number of hydrogen-bond donors (Lipinski definition) is 8. The van der Waals surface area contributed by atoms with Crippen molar-refractivity contribution in [1.82, 2.24) is 0 Å². The highest BCUT2D eigenvalue weighted by Gasteiger charge is 2.54. The second kappa shape index (κ2) is 36.9. The third-order valence-corrected chi connectivity index (χ3v) is 11.2. The number of rotatable bonds is 36. The molecule has 1 rings (SSSR count). The third kappa shape index (κ3) is 31.0. The van der Waals surface area contributed by atoms with Gasteiger partial charge in [-0.25, -0.2) is 9.13 Å². The number of aliphatic hydroxyl groups is 5. The van der Waals surface area contributed by atoms with Gasteiger partial charge in [-0.15, -0.1) is 0 Å². The standard InChI is InChI=1S/C47H76O17P2/c1-3-5-7-9-11-13-15-17-18-20-22-24-26-28-30-34-41(50)62-39(37-61-66(58,59)64-47-44(53)42(51)43(52)46(45(47)54)63-65(55,56)57)36-60-40(49)35-31-33-38(48)32-29-27-25-23-21-19-16-14-12-10-8-6-4-2/h6,8,11-14,17-19,21-22,24-25,27,29,32,38-39,42-48,51-54H,3-5,7,9-10,15-16,20,23,26,28,30-31,33-37H2,1-2H3,(H,58,59)(H2,55,56,57)/b8-6-,13-11-,14-12-,18-17-,21-19-,24-22-,27-25-,32-29+/t38?,39-,42?,43?,44?,45?,46-,47+/m1/s1. The van der Waals surface area contributed by atoms with Crippen LogP contribution in [0.25, 0.3) is 0 Å². The van der Waals surface area contributed by atoms with Crippen LogP contribution >= 0.6 is 15.6 Å². The lowest BCUT2D eigenvalue weighted by atomic mass is 9.85. The molecule has 17 nitrogen and oxygen atoms in total. The molecular weight excluding hydrogens is 898 g/mol. The summed E-state index contributed by atoms with van der Waals surface area (Å²) in [6.45, 7) is 2.74. The zero-order valence-corrected chi connectivity index (χ0v) is 40.2. The zero-order chi connectivity index (χ0) is 49.1. The molecule has 0 amide bonds. The van der Waals surface area contributed by atoms with Crippen LogP contribution in [0.3, 0.4) is 0 Å². The SMILES string of the molecule is CC/C=C\C/C=C\C/C=C\C/C=C\C=C\C(O)CCCC(=O)OC[C@H](COP(=O)(O)O[C@H]1C(O)C(O)C(O)[C@@H](OP(=O)(O)O)C1O)OC(=O)CCCC/C=C\C/C=C\C/C=C\CCCCC. The second-order valence-electron chi connectivity index (χ2n) is 15.6. The van der Waals surface area contributed by atoms with Crippen LogP contribution in [0, 0.1) is 0 Å². The van der Waals surface area contributed by atoms with E-state index in [4.69, 9.17) is 28.3 Å². The summed E-state index contributed by atoms with van der Waals surface area (Å²) in [7, 11) is -10.8. The van der Waals surface area contributed by atoms with Gasteiger partial charge >= 0.3 is 27.6 Å². The van der Waals surface area contributed by atoms with Gasteiger partial charge in [-0.2, -0.15) is 0 Å². The highest BCUT2D eigenvalue weighted by molar-refractivity contribution is 7.47. The summed E-state index contributed by atoms with van der Waals surface area (Å²) in [6, 6.07) is 0. The lowest BCUT2D eigenvalue weighted by Gasteiger charge is -2.43. The van der Waals surface area contributed by atoms with E-state index in [0.29, 0.717) is 19.3 Å². The molecule has 1 aliphatic carbocycles. The first kappa shape index (κ1) is 60.9. The minimum Gasteiger partial charge on any atom is -0.462 e. The van der Waals surface area contributed by atoms with Gasteiger partial charge in [-0.1, -0.05) is 124 Å². The van der Waals surface area contributed by atoms with Crippen LogP contribution in [-0.2, 0) is 41.8 Å². The van der Waals surface area contributed by atoms with E-state index in [1.165, 1.54) is 19.3 Å². The average molecular weight is 975 g/mol. The van der Waals surface area contributed by atoms with E-state index in [9.17, 15) is 49.1 Å². The van der Waals surface area contributed by atoms with Gasteiger partial charge in [0.1, 0.15) is 43.2 Å². The first-order chi connectivity index (χ1) is 31.5. The van der Waals surface area contributed by atoms with Gasteiger partial charge < -0.3 is 49.7 Å². The molecule has 0 aromatic carbocycles. The number of phosphoric ester groups is 2. The summed E-state index contributed by atoms with van der Waals surface area (Å²) >= 11 is 0. The molecular formula is C47H76O17P2. The average Bonchev–Trinajstić information content (AvgIpc) is 3.26. The number of carbonyl (C=O) groups excluding carboxylic acids is 2. The molecule has 6 unspecified atom stereocenters. The minimum atomic E-state index is -5.39. The Balaban J connectivity index is 2.73. The number of carbonyl (C=O) groups is 2. The minimum absolute atomic E-state index is 0.0516. The summed E-state index contributed by atoms with van der Waals surface area (Å²) in [6.07, 6.45) is 28.2. The van der Waals surface area contributed by atoms with E-state index in [2.05, 4.69) is 73.1 Å². The van der Waals surface area contributed by atoms with Gasteiger partial charge in [0.2, 0.25) is 0 Å². The Bertz CT molecular complexity index is 1670. The molecule has 66 heavy (non-hydrogen) atoms. The Morgan fingerprint density at radius 3 is 1.65 bits per heavy atom. The van der Waals surface area contributed by atoms with Crippen molar-refractivity contribution in [3.05, 3.63) is 97.2 Å². The van der Waals surface area contributed by atoms with Crippen molar-refractivity contribution < 1.29 is 82.0 Å². The largest absolute Gasteiger partial charge is 0.472 e. The van der Waals surface area contributed by atoms with Crippen LogP contribution in [-0.4, -0.2) is 114 Å². The molecule has 0 saturated heterocycles. The van der Waals surface area contributed by atoms with Crippen LogP contribution in [0.2, 0.25) is 0 Å². The maximum atomic E-state index is 13.0. The normalized spacial score (nSPS) is 22.9. The number of unbranched alkanes of at least 4 members (excludes halogenated alkanes) is 5. The van der Waals surface area contributed by atoms with E-state index in [0.717, 1.165) is 44.9 Å². The molecule has 0 radical (unpaired) electrons. The maximum absolute atomic E-state index is 13.0. The highest BCUT2D eigenvalue weighted by Crippen LogP contribution is 2.49. The van der Waals surface area contributed by atoms with Crippen molar-refractivity contribution in [2.45, 2.75) is 172 Å². The van der Waals surface area contributed by atoms with Crippen molar-refractivity contribution in [2.75, 3.05) is 13.2 Å². The van der Waals surface area contributed by atoms with Gasteiger partial charge in [-0.05, 0) is 83.5 Å². The summed E-state index contributed by atoms with van der Waals surface area (Å²) in [5, 5.41) is 51.5. The first-order valence-corrected chi connectivity index (χ1v) is 25.9. The molecule has 0 aliphatic heterocycles. The van der Waals surface area contributed by atoms with E-state index in [-0.39, 0.29) is 25.7 Å². The molecule has 1 aliphatic rings. The maximum Gasteiger partial charge on any atom is 0.472 e. The van der Waals surface area contributed by atoms with Crippen LogP contribution in [0.15, 0.2) is 97.2 Å². The predicted molar refractivity (Wildman–Crippen MR) is 251 cm³/mol. The van der Waals surface area contributed by atoms with Crippen LogP contribution in [0.4, 0.5) is 0 Å². The Morgan fingerprint density at radius 2 is 1.09 bits per heavy atom. The predicted octanol–water partition coefficient (Wildman–Crippen LogP) is 7.36. The van der Waals surface area contributed by atoms with Crippen LogP contribution in [0.5, 0.6) is 0 Å². The van der Waals surface area contributed by atoms with Crippen molar-refractivity contribution >= 4 is 27.6 Å². The van der Waals surface area contributed by atoms with E-state index < -0.39 is 89.6 Å². The fraction of sp³-hybridized carbons (Fsp3) is 0.617. The molecule has 19 heteroatoms. The summed E-state index contributed by atoms with van der Waals surface area (Å²) in [5.74, 6) is -1.47. The number of esters is 2. The Kier molecular flexibility index (Phi) is 34.0. The van der Waals surface area contributed by atoms with Crippen LogP contribution in [0.1, 0.15) is 123 Å². The highest BCUT2D eigenvalue weighted by atomic mass is 31.2. The molecule has 0 heterocycles. The topological polar surface area (TPSA) is 276 Å². The molecule has 1 saturated carbocycles. The Hall–Kier alpha value is -3.12. The van der Waals surface area contributed by atoms with Crippen molar-refractivity contribution in [2.24, 2.45) is 0 Å². The molecule has 0 aromatic rings. The van der Waals surface area contributed by atoms with Gasteiger partial charge in [0.05, 0.1) is 12.7 Å². The number of ether oxygens (including phenoxy) is 2. The quantitative estimate of drug-likeness (QED) is 0.0100. The smallest absolute Gasteiger partial charge is 0.462 e. The summed E-state index contributed by atoms with van der Waals surface area (Å²) in [5.41, 5.74) is 0. The van der Waals surface area contributed by atoms with E-state index >= 15 is 0 Å². The van der Waals surface area contributed by atoms with E-state index in [1.807, 2.05) is 30.4 Å². The molecule has 8 N–H and O–H groups in total. The molecule has 376 valence electrons. The van der Waals surface area contributed by atoms with Crippen molar-refractivity contribution in [3.8, 4) is 0 Å². The summed E-state index contributed by atoms with van der Waals surface area (Å²) < 4.78 is 49.1. The van der Waals surface area contributed by atoms with E-state index in [1.54, 1.807) is 12.2 Å². The third-order valence-electron chi connectivity index (χ3n) is 9.75. The fourth-order valence-electron chi connectivity index (χ4n) is 6.18. The van der Waals surface area contributed by atoms with Crippen molar-refractivity contribution in [3.63, 3.8) is 0 Å². The first-order valence-electron chi connectivity index (χ1n) is 22.9. The lowest BCUT2D eigenvalue weighted by Crippen LogP contribution is -2.64. The van der Waals surface area contributed by atoms with Gasteiger partial charge in [-0.3, -0.25) is 23.2 Å². The van der Waals surface area contributed by atoms with Crippen molar-refractivity contribution in [1.29, 1.82) is 0 Å². The van der Waals surface area contributed by atoms with Crippen LogP contribution < -0.4 is 0 Å². The fourth-order valence-corrected chi connectivity index (χ4v) is 7.72. The molecule has 0 aromatic heterocycles. The van der Waals surface area contributed by atoms with Gasteiger partial charge in [0.25, 0.3) is 0 Å². The lowest BCUT2D eigenvalue weighted by molar-refractivity contribution is -0.216. The Labute approximate surface area is 390 Å². The van der Waals surface area contributed by atoms with Gasteiger partial charge in [0.15, 0.2) is 6.10 Å². The number of aliphatic hydroxyl groups excluding tert-OH is 5. The van der Waals surface area contributed by atoms with Gasteiger partial charge in [0, 0.05) is 12.8 Å². The number of hydrogen-bond acceptors (Lipinski definition) is 14. The Morgan fingerprint density at radius 1 is 0.576 bits per heavy atom. The number of phosphoric acid groups is 2. The zero-order valence-electron chi connectivity index (χ0n) is 38.4. The monoisotopic (exact) mass is 974 g/mol. The number of allylic oxidation sites excluding steroid dienone is 15. The molecule has 9 atom stereocenters. The molecule has 0 spiro atoms. The molecule has 0 bridgehead atoms. The second-order valence-corrected chi connectivity index (χ2v) is 18.2. The molecule has 1 fully saturated rings. The summed E-state index contributed by atoms with van der Waals surface area (Å²) in [4.78, 5) is 54.2.